The summed E-state index contributed by atoms with van der Waals surface area (Å²) in [6, 6.07) is 4.30. The number of nitrogens with one attached hydrogen (secondary N) is 1. The molecule has 108 valence electrons. The van der Waals surface area contributed by atoms with Crippen molar-refractivity contribution >= 4 is 5.91 Å². The van der Waals surface area contributed by atoms with E-state index in [1.807, 2.05) is 12.3 Å². The van der Waals surface area contributed by atoms with E-state index in [1.165, 1.54) is 0 Å². The fraction of sp³-hybridized carbons (Fsp3) is 0.400. The third kappa shape index (κ3) is 2.67. The number of hydrogen-bond donors (Lipinski definition) is 1. The first-order chi connectivity index (χ1) is 10.3. The van der Waals surface area contributed by atoms with Crippen molar-refractivity contribution in [3.63, 3.8) is 0 Å². The van der Waals surface area contributed by atoms with Crippen LogP contribution in [0.15, 0.2) is 28.9 Å². The van der Waals surface area contributed by atoms with Crippen molar-refractivity contribution in [2.24, 2.45) is 0 Å². The molecule has 6 heteroatoms. The summed E-state index contributed by atoms with van der Waals surface area (Å²) in [5, 5.41) is 2.89. The maximum Gasteiger partial charge on any atom is 0.307 e. The van der Waals surface area contributed by atoms with Crippen LogP contribution in [0.5, 0.6) is 0 Å². The lowest BCUT2D eigenvalue weighted by atomic mass is 10.3. The summed E-state index contributed by atoms with van der Waals surface area (Å²) in [6.45, 7) is 2.21. The Kier molecular flexibility index (Phi) is 2.96. The van der Waals surface area contributed by atoms with Crippen LogP contribution in [0.4, 0.5) is 0 Å². The molecular formula is C15H16N4O2. The number of amides is 1. The number of rotatable bonds is 4. The Hall–Kier alpha value is -2.21. The van der Waals surface area contributed by atoms with Crippen LogP contribution in [-0.2, 0) is 19.6 Å². The number of fused-ring (bicyclic) bond motifs is 1. The molecule has 4 rings (SSSR count). The van der Waals surface area contributed by atoms with Gasteiger partial charge in [0, 0.05) is 31.5 Å². The summed E-state index contributed by atoms with van der Waals surface area (Å²) >= 11 is 0. The molecule has 1 amide bonds. The molecule has 1 N–H and O–H groups in total. The Labute approximate surface area is 122 Å². The second-order valence-corrected chi connectivity index (χ2v) is 5.64. The number of oxazole rings is 1. The Bertz CT molecular complexity index is 640. The maximum atomic E-state index is 11.9. The van der Waals surface area contributed by atoms with Crippen molar-refractivity contribution in [1.29, 1.82) is 0 Å². The summed E-state index contributed by atoms with van der Waals surface area (Å²) < 4.78 is 5.60. The number of hydrogen-bond acceptors (Lipinski definition) is 5. The maximum absolute atomic E-state index is 11.9. The summed E-state index contributed by atoms with van der Waals surface area (Å²) in [7, 11) is 0. The van der Waals surface area contributed by atoms with Crippen molar-refractivity contribution in [3.05, 3.63) is 47.4 Å². The van der Waals surface area contributed by atoms with Crippen LogP contribution < -0.4 is 5.32 Å². The van der Waals surface area contributed by atoms with E-state index in [0.717, 1.165) is 36.4 Å². The molecule has 0 unspecified atom stereocenters. The molecule has 1 fully saturated rings. The molecule has 0 bridgehead atoms. The number of aromatic nitrogens is 2. The lowest BCUT2D eigenvalue weighted by Crippen LogP contribution is -2.26. The minimum atomic E-state index is -0.189. The molecule has 1 aliphatic heterocycles. The van der Waals surface area contributed by atoms with Crippen LogP contribution in [0, 0.1) is 0 Å². The highest BCUT2D eigenvalue weighted by atomic mass is 16.4. The van der Waals surface area contributed by atoms with Gasteiger partial charge in [-0.3, -0.25) is 14.7 Å². The lowest BCUT2D eigenvalue weighted by molar-refractivity contribution is 0.0911. The molecule has 6 nitrogen and oxygen atoms in total. The van der Waals surface area contributed by atoms with Gasteiger partial charge in [-0.15, -0.1) is 0 Å². The smallest absolute Gasteiger partial charge is 0.307 e. The normalized spacial score (nSPS) is 17.7. The molecule has 1 saturated carbocycles. The summed E-state index contributed by atoms with van der Waals surface area (Å²) in [5.74, 6) is 0.818. The lowest BCUT2D eigenvalue weighted by Gasteiger charge is -2.13. The molecule has 21 heavy (non-hydrogen) atoms. The number of nitrogens with zero attached hydrogens (tertiary/aromatic N) is 3. The predicted molar refractivity (Wildman–Crippen MR) is 74.2 cm³/mol. The Morgan fingerprint density at radius 2 is 2.33 bits per heavy atom. The highest BCUT2D eigenvalue weighted by Gasteiger charge is 2.30. The van der Waals surface area contributed by atoms with Crippen LogP contribution >= 0.6 is 0 Å². The zero-order chi connectivity index (χ0) is 14.2. The molecule has 0 saturated heterocycles. The van der Waals surface area contributed by atoms with E-state index in [2.05, 4.69) is 26.3 Å². The number of pyridine rings is 1. The third-order valence-corrected chi connectivity index (χ3v) is 3.75. The molecular weight excluding hydrogens is 268 g/mol. The molecule has 2 aromatic heterocycles. The van der Waals surface area contributed by atoms with Gasteiger partial charge in [0.1, 0.15) is 5.76 Å². The third-order valence-electron chi connectivity index (χ3n) is 3.75. The Balaban J connectivity index is 1.41. The molecule has 2 aromatic rings. The summed E-state index contributed by atoms with van der Waals surface area (Å²) in [5.41, 5.74) is 2.04. The van der Waals surface area contributed by atoms with Crippen LogP contribution in [0.2, 0.25) is 0 Å². The highest BCUT2D eigenvalue weighted by Crippen LogP contribution is 2.25. The molecule has 0 spiro atoms. The van der Waals surface area contributed by atoms with Crippen molar-refractivity contribution in [2.45, 2.75) is 38.5 Å². The van der Waals surface area contributed by atoms with E-state index in [9.17, 15) is 4.79 Å². The fourth-order valence-corrected chi connectivity index (χ4v) is 2.53. The second-order valence-electron chi connectivity index (χ2n) is 5.64. The van der Waals surface area contributed by atoms with Gasteiger partial charge in [-0.05, 0) is 24.5 Å². The average molecular weight is 284 g/mol. The highest BCUT2D eigenvalue weighted by molar-refractivity contribution is 5.90. The first-order valence-corrected chi connectivity index (χ1v) is 7.18. The van der Waals surface area contributed by atoms with Gasteiger partial charge in [-0.2, -0.15) is 0 Å². The van der Waals surface area contributed by atoms with Crippen LogP contribution in [-0.4, -0.2) is 26.8 Å². The molecule has 0 radical (unpaired) electrons. The van der Waals surface area contributed by atoms with Crippen molar-refractivity contribution in [1.82, 2.24) is 20.2 Å². The van der Waals surface area contributed by atoms with E-state index in [4.69, 9.17) is 4.42 Å². The first-order valence-electron chi connectivity index (χ1n) is 7.18. The van der Waals surface area contributed by atoms with Crippen molar-refractivity contribution in [2.75, 3.05) is 0 Å². The minimum absolute atomic E-state index is 0.189. The van der Waals surface area contributed by atoms with Crippen molar-refractivity contribution < 1.29 is 9.21 Å². The summed E-state index contributed by atoms with van der Waals surface area (Å²) in [6.07, 6.45) is 5.75. The zero-order valence-corrected chi connectivity index (χ0v) is 11.6. The Morgan fingerprint density at radius 1 is 1.43 bits per heavy atom. The zero-order valence-electron chi connectivity index (χ0n) is 11.6. The molecule has 0 atom stereocenters. The largest absolute Gasteiger partial charge is 0.436 e. The minimum Gasteiger partial charge on any atom is -0.436 e. The number of carbonyl (C=O) groups excluding carboxylic acids is 1. The summed E-state index contributed by atoms with van der Waals surface area (Å²) in [4.78, 5) is 22.6. The molecule has 2 aliphatic rings. The van der Waals surface area contributed by atoms with Gasteiger partial charge in [0.25, 0.3) is 5.89 Å². The van der Waals surface area contributed by atoms with E-state index in [-0.39, 0.29) is 11.8 Å². The van der Waals surface area contributed by atoms with Crippen LogP contribution in [0.3, 0.4) is 0 Å². The SMILES string of the molecule is O=C(NC1CC1)c1nc2c(o1)CN(Cc1cccnc1)C2. The van der Waals surface area contributed by atoms with E-state index >= 15 is 0 Å². The molecule has 1 aliphatic carbocycles. The van der Waals surface area contributed by atoms with Gasteiger partial charge in [0.2, 0.25) is 0 Å². The fourth-order valence-electron chi connectivity index (χ4n) is 2.53. The quantitative estimate of drug-likeness (QED) is 0.920. The molecule has 0 aromatic carbocycles. The first kappa shape index (κ1) is 12.5. The predicted octanol–water partition coefficient (Wildman–Crippen LogP) is 1.48. The van der Waals surface area contributed by atoms with Gasteiger partial charge < -0.3 is 9.73 Å². The molecule has 3 heterocycles. The van der Waals surface area contributed by atoms with E-state index in [0.29, 0.717) is 19.1 Å². The van der Waals surface area contributed by atoms with Crippen LogP contribution in [0.1, 0.15) is 40.5 Å². The number of carbonyl (C=O) groups is 1. The monoisotopic (exact) mass is 284 g/mol. The second kappa shape index (κ2) is 4.96. The van der Waals surface area contributed by atoms with Gasteiger partial charge in [0.05, 0.1) is 12.2 Å². The van der Waals surface area contributed by atoms with Crippen LogP contribution in [0.25, 0.3) is 0 Å². The van der Waals surface area contributed by atoms with Gasteiger partial charge in [-0.1, -0.05) is 6.07 Å². The van der Waals surface area contributed by atoms with E-state index < -0.39 is 0 Å². The Morgan fingerprint density at radius 3 is 3.05 bits per heavy atom. The van der Waals surface area contributed by atoms with E-state index in [1.54, 1.807) is 6.20 Å². The standard InChI is InChI=1S/C15H16N4O2/c20-14(17-11-3-4-11)15-18-12-8-19(9-13(12)21-15)7-10-2-1-5-16-6-10/h1-2,5-6,11H,3-4,7-9H2,(H,17,20). The topological polar surface area (TPSA) is 71.3 Å². The van der Waals surface area contributed by atoms with Crippen molar-refractivity contribution in [3.8, 4) is 0 Å². The average Bonchev–Trinajstić information content (AvgIpc) is 3.07. The van der Waals surface area contributed by atoms with Gasteiger partial charge in [0.15, 0.2) is 0 Å². The van der Waals surface area contributed by atoms with Gasteiger partial charge >= 0.3 is 5.91 Å². The van der Waals surface area contributed by atoms with Gasteiger partial charge in [-0.25, -0.2) is 4.98 Å².